The summed E-state index contributed by atoms with van der Waals surface area (Å²) < 4.78 is 93.3. The van der Waals surface area contributed by atoms with E-state index in [0.29, 0.717) is 43.6 Å². The van der Waals surface area contributed by atoms with Crippen LogP contribution in [-0.2, 0) is 16.9 Å². The Kier molecular flexibility index (Phi) is 8.66. The van der Waals surface area contributed by atoms with Crippen molar-refractivity contribution in [3.8, 4) is 0 Å². The second kappa shape index (κ2) is 11.6. The van der Waals surface area contributed by atoms with Gasteiger partial charge in [0, 0.05) is 50.4 Å². The van der Waals surface area contributed by atoms with Crippen molar-refractivity contribution in [2.45, 2.75) is 37.3 Å². The summed E-state index contributed by atoms with van der Waals surface area (Å²) in [5.74, 6) is -1.86. The maximum absolute atomic E-state index is 14.7. The van der Waals surface area contributed by atoms with Gasteiger partial charge in [0.1, 0.15) is 5.82 Å². The number of carbonyl (C=O) groups is 3. The number of carbonyl (C=O) groups excluding carboxylic acids is 3. The lowest BCUT2D eigenvalue weighted by atomic mass is 9.91. The van der Waals surface area contributed by atoms with E-state index in [-0.39, 0.29) is 37.4 Å². The Morgan fingerprint density at radius 2 is 1.49 bits per heavy atom. The minimum Gasteiger partial charge on any atom is -0.369 e. The van der Waals surface area contributed by atoms with Gasteiger partial charge in [-0.25, -0.2) is 9.18 Å². The summed E-state index contributed by atoms with van der Waals surface area (Å²) in [5, 5.41) is 14.3. The lowest BCUT2D eigenvalue weighted by Gasteiger charge is -2.35. The summed E-state index contributed by atoms with van der Waals surface area (Å²) >= 11 is 0. The van der Waals surface area contributed by atoms with Crippen LogP contribution in [0.15, 0.2) is 42.5 Å². The highest BCUT2D eigenvalue weighted by atomic mass is 19.4. The molecule has 0 atom stereocenters. The minimum atomic E-state index is -5.98. The van der Waals surface area contributed by atoms with Crippen LogP contribution in [0.25, 0.3) is 0 Å². The van der Waals surface area contributed by atoms with Crippen molar-refractivity contribution in [2.75, 3.05) is 38.0 Å². The van der Waals surface area contributed by atoms with Crippen LogP contribution in [0, 0.1) is 11.2 Å². The Hall–Kier alpha value is -3.92. The van der Waals surface area contributed by atoms with Crippen LogP contribution in [0.2, 0.25) is 0 Å². The molecule has 43 heavy (non-hydrogen) atoms. The fourth-order valence-electron chi connectivity index (χ4n) is 4.72. The van der Waals surface area contributed by atoms with Gasteiger partial charge in [-0.05, 0) is 36.6 Å². The van der Waals surface area contributed by atoms with Gasteiger partial charge in [0.05, 0.1) is 11.1 Å². The van der Waals surface area contributed by atoms with E-state index < -0.39 is 52.6 Å². The van der Waals surface area contributed by atoms with Crippen LogP contribution in [0.4, 0.5) is 41.2 Å². The van der Waals surface area contributed by atoms with E-state index in [2.05, 4.69) is 10.6 Å². The number of rotatable bonds is 8. The molecule has 234 valence electrons. The van der Waals surface area contributed by atoms with E-state index in [1.54, 1.807) is 0 Å². The first-order chi connectivity index (χ1) is 20.0. The topological polar surface area (TPSA) is 128 Å². The van der Waals surface area contributed by atoms with Gasteiger partial charge in [0.15, 0.2) is 0 Å². The molecular weight excluding hydrogens is 591 g/mol. The molecule has 2 aromatic rings. The number of amides is 4. The molecule has 0 spiro atoms. The van der Waals surface area contributed by atoms with Gasteiger partial charge in [0.25, 0.3) is 11.5 Å². The van der Waals surface area contributed by atoms with E-state index in [4.69, 9.17) is 5.73 Å². The van der Waals surface area contributed by atoms with Gasteiger partial charge in [-0.1, -0.05) is 24.3 Å². The minimum absolute atomic E-state index is 0.0170. The van der Waals surface area contributed by atoms with Crippen LogP contribution in [-0.4, -0.2) is 77.8 Å². The van der Waals surface area contributed by atoms with E-state index in [9.17, 15) is 50.2 Å². The summed E-state index contributed by atoms with van der Waals surface area (Å²) in [7, 11) is 0. The standard InChI is InChI=1S/C27H28F7N5O4/c28-19-13-17(3-6-20(19)37-23(42)36-15-24(7-8-24)22(35)41)21(40)39-11-9-38(10-12-39)14-16-1-4-18(5-2-16)25(43,26(29,30)31)27(32,33)34/h1-6,13,43H,7-12,14-15H2,(H2,35,41)(H2,36,37,42). The zero-order chi connectivity index (χ0) is 31.8. The number of halogens is 7. The van der Waals surface area contributed by atoms with Gasteiger partial charge in [-0.3, -0.25) is 14.5 Å². The van der Waals surface area contributed by atoms with E-state index in [1.807, 2.05) is 4.90 Å². The molecule has 1 saturated carbocycles. The maximum Gasteiger partial charge on any atom is 0.430 e. The second-order valence-electron chi connectivity index (χ2n) is 10.6. The predicted molar refractivity (Wildman–Crippen MR) is 138 cm³/mol. The van der Waals surface area contributed by atoms with Crippen molar-refractivity contribution < 1.29 is 50.2 Å². The average molecular weight is 620 g/mol. The van der Waals surface area contributed by atoms with Gasteiger partial charge in [0.2, 0.25) is 5.91 Å². The molecule has 1 aliphatic carbocycles. The number of nitrogens with one attached hydrogen (secondary N) is 2. The first kappa shape index (κ1) is 32.0. The highest BCUT2D eigenvalue weighted by Gasteiger charge is 2.71. The summed E-state index contributed by atoms with van der Waals surface area (Å²) in [6, 6.07) is 6.08. The van der Waals surface area contributed by atoms with Gasteiger partial charge in [-0.15, -0.1) is 0 Å². The van der Waals surface area contributed by atoms with E-state index >= 15 is 0 Å². The monoisotopic (exact) mass is 619 g/mol. The quantitative estimate of drug-likeness (QED) is 0.337. The fourth-order valence-corrected chi connectivity index (χ4v) is 4.72. The third kappa shape index (κ3) is 6.69. The molecule has 0 aromatic heterocycles. The third-order valence-corrected chi connectivity index (χ3v) is 7.69. The van der Waals surface area contributed by atoms with Crippen LogP contribution in [0.1, 0.15) is 34.3 Å². The van der Waals surface area contributed by atoms with Crippen molar-refractivity contribution in [3.63, 3.8) is 0 Å². The van der Waals surface area contributed by atoms with Crippen molar-refractivity contribution in [2.24, 2.45) is 11.1 Å². The molecule has 4 rings (SSSR count). The zero-order valence-corrected chi connectivity index (χ0v) is 22.5. The summed E-state index contributed by atoms with van der Waals surface area (Å²) in [4.78, 5) is 39.7. The zero-order valence-electron chi connectivity index (χ0n) is 22.5. The van der Waals surface area contributed by atoms with E-state index in [0.717, 1.165) is 18.2 Å². The lowest BCUT2D eigenvalue weighted by molar-refractivity contribution is -0.376. The highest BCUT2D eigenvalue weighted by molar-refractivity contribution is 5.96. The molecule has 1 saturated heterocycles. The molecule has 9 nitrogen and oxygen atoms in total. The molecule has 1 aliphatic heterocycles. The molecule has 0 unspecified atom stereocenters. The molecule has 5 N–H and O–H groups in total. The van der Waals surface area contributed by atoms with Gasteiger partial charge < -0.3 is 26.4 Å². The Morgan fingerprint density at radius 3 is 1.98 bits per heavy atom. The normalized spacial score (nSPS) is 17.3. The van der Waals surface area contributed by atoms with Crippen molar-refractivity contribution in [1.29, 1.82) is 0 Å². The number of urea groups is 1. The largest absolute Gasteiger partial charge is 0.430 e. The number of hydrogen-bond donors (Lipinski definition) is 4. The molecule has 0 radical (unpaired) electrons. The Bertz CT molecular complexity index is 1360. The van der Waals surface area contributed by atoms with E-state index in [1.165, 1.54) is 17.0 Å². The Morgan fingerprint density at radius 1 is 0.907 bits per heavy atom. The SMILES string of the molecule is NC(=O)C1(CNC(=O)Nc2ccc(C(=O)N3CCN(Cc4ccc(C(O)(C(F)(F)F)C(F)(F)F)cc4)CC3)cc2F)CC1. The van der Waals surface area contributed by atoms with Crippen LogP contribution in [0.5, 0.6) is 0 Å². The fraction of sp³-hybridized carbons (Fsp3) is 0.444. The molecule has 2 aliphatic rings. The molecular formula is C27H28F7N5O4. The number of benzene rings is 2. The van der Waals surface area contributed by atoms with Crippen molar-refractivity contribution >= 4 is 23.5 Å². The predicted octanol–water partition coefficient (Wildman–Crippen LogP) is 3.48. The number of aliphatic hydroxyl groups is 1. The molecule has 2 fully saturated rings. The first-order valence-corrected chi connectivity index (χ1v) is 13.1. The number of anilines is 1. The molecule has 4 amide bonds. The van der Waals surface area contributed by atoms with Gasteiger partial charge in [-0.2, -0.15) is 26.3 Å². The summed E-state index contributed by atoms with van der Waals surface area (Å²) in [6.07, 6.45) is -10.8. The summed E-state index contributed by atoms with van der Waals surface area (Å²) in [6.45, 7) is 1.24. The molecule has 1 heterocycles. The first-order valence-electron chi connectivity index (χ1n) is 13.1. The summed E-state index contributed by atoms with van der Waals surface area (Å²) in [5.41, 5.74) is -1.59. The lowest BCUT2D eigenvalue weighted by Crippen LogP contribution is -2.53. The maximum atomic E-state index is 14.7. The van der Waals surface area contributed by atoms with Crippen molar-refractivity contribution in [1.82, 2.24) is 15.1 Å². The molecule has 0 bridgehead atoms. The van der Waals surface area contributed by atoms with Crippen LogP contribution >= 0.6 is 0 Å². The number of primary amides is 1. The number of nitrogens with zero attached hydrogens (tertiary/aromatic N) is 2. The molecule has 2 aromatic carbocycles. The number of nitrogens with two attached hydrogens (primary N) is 1. The third-order valence-electron chi connectivity index (χ3n) is 7.69. The van der Waals surface area contributed by atoms with Gasteiger partial charge >= 0.3 is 18.4 Å². The van der Waals surface area contributed by atoms with Crippen molar-refractivity contribution in [3.05, 3.63) is 65.0 Å². The Balaban J connectivity index is 1.29. The average Bonchev–Trinajstić information content (AvgIpc) is 3.73. The number of piperazine rings is 1. The highest BCUT2D eigenvalue weighted by Crippen LogP contribution is 2.50. The van der Waals surface area contributed by atoms with Crippen LogP contribution in [0.3, 0.4) is 0 Å². The Labute approximate surface area is 240 Å². The second-order valence-corrected chi connectivity index (χ2v) is 10.6. The number of hydrogen-bond acceptors (Lipinski definition) is 5. The molecule has 16 heteroatoms. The smallest absolute Gasteiger partial charge is 0.369 e. The number of alkyl halides is 6. The van der Waals surface area contributed by atoms with Crippen LogP contribution < -0.4 is 16.4 Å².